The van der Waals surface area contributed by atoms with Gasteiger partial charge in [0.05, 0.1) is 24.2 Å². The smallest absolute Gasteiger partial charge is 0.330 e. The van der Waals surface area contributed by atoms with Crippen LogP contribution in [0, 0.1) is 20.8 Å². The minimum Gasteiger partial charge on any atom is -0.508 e. The first-order valence-corrected chi connectivity index (χ1v) is 12.3. The highest BCUT2D eigenvalue weighted by molar-refractivity contribution is 7.86. The van der Waals surface area contributed by atoms with E-state index in [4.69, 9.17) is 0 Å². The summed E-state index contributed by atoms with van der Waals surface area (Å²) < 4.78 is 20.3. The zero-order chi connectivity index (χ0) is 25.3. The summed E-state index contributed by atoms with van der Waals surface area (Å²) in [5, 5.41) is 9.89. The minimum absolute atomic E-state index is 0.166. The van der Waals surface area contributed by atoms with Crippen LogP contribution in [0.5, 0.6) is 5.75 Å². The molecule has 180 valence electrons. The van der Waals surface area contributed by atoms with Crippen molar-refractivity contribution >= 4 is 28.7 Å². The van der Waals surface area contributed by atoms with Crippen LogP contribution in [0.4, 0.5) is 5.69 Å². The molecular formula is C28H33NO4S. The van der Waals surface area contributed by atoms with E-state index in [1.54, 1.807) is 24.3 Å². The quantitative estimate of drug-likeness (QED) is 0.321. The molecule has 34 heavy (non-hydrogen) atoms. The van der Waals surface area contributed by atoms with Crippen molar-refractivity contribution in [2.24, 2.45) is 0 Å². The molecule has 5 nitrogen and oxygen atoms in total. The largest absolute Gasteiger partial charge is 0.508 e. The van der Waals surface area contributed by atoms with E-state index in [1.807, 2.05) is 81.4 Å². The number of aryl methyl sites for hydroxylation is 3. The van der Waals surface area contributed by atoms with Gasteiger partial charge < -0.3 is 9.84 Å². The van der Waals surface area contributed by atoms with E-state index in [0.717, 1.165) is 38.4 Å². The molecule has 1 unspecified atom stereocenters. The van der Waals surface area contributed by atoms with Crippen LogP contribution in [-0.2, 0) is 27.1 Å². The van der Waals surface area contributed by atoms with Crippen LogP contribution < -0.4 is 4.31 Å². The summed E-state index contributed by atoms with van der Waals surface area (Å²) >= 11 is 0. The Morgan fingerprint density at radius 3 is 2.18 bits per heavy atom. The number of anilines is 1. The number of nitrogens with zero attached hydrogens (tertiary/aromatic N) is 1. The summed E-state index contributed by atoms with van der Waals surface area (Å²) in [6, 6.07) is 18.5. The average Bonchev–Trinajstić information content (AvgIpc) is 2.82. The summed E-state index contributed by atoms with van der Waals surface area (Å²) in [6.07, 6.45) is 3.02. The summed E-state index contributed by atoms with van der Waals surface area (Å²) in [5.41, 5.74) is 5.50. The van der Waals surface area contributed by atoms with Gasteiger partial charge in [-0.1, -0.05) is 55.8 Å². The van der Waals surface area contributed by atoms with Gasteiger partial charge in [0.15, 0.2) is 11.0 Å². The fourth-order valence-electron chi connectivity index (χ4n) is 3.60. The van der Waals surface area contributed by atoms with Crippen LogP contribution in [0.2, 0.25) is 0 Å². The zero-order valence-electron chi connectivity index (χ0n) is 20.7. The number of carbonyl (C=O) groups is 1. The van der Waals surface area contributed by atoms with Crippen molar-refractivity contribution in [2.75, 3.05) is 11.4 Å². The number of esters is 1. The summed E-state index contributed by atoms with van der Waals surface area (Å²) in [4.78, 5) is 12.1. The van der Waals surface area contributed by atoms with Crippen LogP contribution in [0.15, 0.2) is 71.6 Å². The maximum absolute atomic E-state index is 13.8. The third-order valence-electron chi connectivity index (χ3n) is 5.01. The van der Waals surface area contributed by atoms with Gasteiger partial charge >= 0.3 is 5.97 Å². The van der Waals surface area contributed by atoms with Gasteiger partial charge in [0.1, 0.15) is 5.75 Å². The highest BCUT2D eigenvalue weighted by atomic mass is 32.2. The second-order valence-electron chi connectivity index (χ2n) is 7.63. The lowest BCUT2D eigenvalue weighted by molar-refractivity contribution is -0.134. The number of hydrogen-bond donors (Lipinski definition) is 1. The number of carbonyl (C=O) groups excluding carboxylic acids is 1. The SMILES string of the molecule is CC.COC(=O)/C=C/c1ccc(N(Cc2cccc(O)c2)S(=O)c2c(C)cc(C)cc2C)cc1. The second kappa shape index (κ2) is 12.8. The number of phenolic OH excluding ortho intramolecular Hbond substituents is 1. The van der Waals surface area contributed by atoms with E-state index in [1.165, 1.54) is 13.2 Å². The van der Waals surface area contributed by atoms with Crippen molar-refractivity contribution in [3.8, 4) is 5.75 Å². The summed E-state index contributed by atoms with van der Waals surface area (Å²) in [5.74, 6) is -0.259. The fraction of sp³-hybridized carbons (Fsp3) is 0.250. The molecule has 3 rings (SSSR count). The molecule has 3 aromatic rings. The number of methoxy groups -OCH3 is 1. The first-order chi connectivity index (χ1) is 16.3. The normalized spacial score (nSPS) is 11.5. The van der Waals surface area contributed by atoms with E-state index in [9.17, 15) is 14.1 Å². The molecule has 0 aliphatic carbocycles. The molecule has 1 atom stereocenters. The Kier molecular flexibility index (Phi) is 10.1. The van der Waals surface area contributed by atoms with Crippen LogP contribution in [0.3, 0.4) is 0 Å². The van der Waals surface area contributed by atoms with Gasteiger partial charge in [-0.05, 0) is 73.4 Å². The molecule has 0 fully saturated rings. The number of rotatable bonds is 7. The first-order valence-electron chi connectivity index (χ1n) is 11.2. The molecule has 1 N–H and O–H groups in total. The molecule has 0 bridgehead atoms. The summed E-state index contributed by atoms with van der Waals surface area (Å²) in [7, 11) is -0.138. The topological polar surface area (TPSA) is 66.8 Å². The van der Waals surface area contributed by atoms with Crippen LogP contribution in [0.25, 0.3) is 6.08 Å². The Bertz CT molecular complexity index is 1150. The third-order valence-corrected chi connectivity index (χ3v) is 6.74. The molecule has 6 heteroatoms. The standard InChI is InChI=1S/C26H27NO4S.C2H6/c1-18-14-19(2)26(20(3)15-18)32(30)27(17-22-6-5-7-24(28)16-22)23-11-8-21(9-12-23)10-13-25(29)31-4;1-2/h5-16,28H,17H2,1-4H3;1-2H3/b13-10+;. The monoisotopic (exact) mass is 479 g/mol. The Morgan fingerprint density at radius 2 is 1.62 bits per heavy atom. The highest BCUT2D eigenvalue weighted by Gasteiger charge is 2.21. The number of ether oxygens (including phenoxy) is 1. The molecule has 0 amide bonds. The van der Waals surface area contributed by atoms with Crippen molar-refractivity contribution < 1.29 is 18.8 Å². The second-order valence-corrected chi connectivity index (χ2v) is 8.98. The summed E-state index contributed by atoms with van der Waals surface area (Å²) in [6.45, 7) is 10.3. The zero-order valence-corrected chi connectivity index (χ0v) is 21.5. The Balaban J connectivity index is 0.00000199. The number of aromatic hydroxyl groups is 1. The maximum atomic E-state index is 13.8. The molecule has 0 spiro atoms. The molecular weight excluding hydrogens is 446 g/mol. The molecule has 0 aliphatic rings. The molecule has 0 saturated heterocycles. The van der Waals surface area contributed by atoms with Gasteiger partial charge in [-0.15, -0.1) is 0 Å². The van der Waals surface area contributed by atoms with Gasteiger partial charge in [-0.2, -0.15) is 0 Å². The van der Waals surface area contributed by atoms with Crippen molar-refractivity contribution in [3.63, 3.8) is 0 Å². The van der Waals surface area contributed by atoms with Crippen molar-refractivity contribution in [3.05, 3.63) is 94.6 Å². The Hall–Kier alpha value is -3.38. The number of phenols is 1. The van der Waals surface area contributed by atoms with Gasteiger partial charge in [0, 0.05) is 6.08 Å². The van der Waals surface area contributed by atoms with E-state index >= 15 is 0 Å². The predicted octanol–water partition coefficient (Wildman–Crippen LogP) is 6.26. The molecule has 0 aromatic heterocycles. The van der Waals surface area contributed by atoms with Crippen molar-refractivity contribution in [1.29, 1.82) is 0 Å². The van der Waals surface area contributed by atoms with Crippen LogP contribution >= 0.6 is 0 Å². The molecule has 0 heterocycles. The fourth-order valence-corrected chi connectivity index (χ4v) is 5.07. The third kappa shape index (κ3) is 7.06. The molecule has 0 aliphatic heterocycles. The van der Waals surface area contributed by atoms with E-state index in [2.05, 4.69) is 4.74 Å². The van der Waals surface area contributed by atoms with Gasteiger partial charge in [-0.25, -0.2) is 9.00 Å². The maximum Gasteiger partial charge on any atom is 0.330 e. The highest BCUT2D eigenvalue weighted by Crippen LogP contribution is 2.29. The minimum atomic E-state index is -1.47. The van der Waals surface area contributed by atoms with E-state index in [0.29, 0.717) is 6.54 Å². The van der Waals surface area contributed by atoms with Gasteiger partial charge in [0.25, 0.3) is 0 Å². The van der Waals surface area contributed by atoms with Crippen LogP contribution in [-0.4, -0.2) is 22.4 Å². The average molecular weight is 480 g/mol. The lowest BCUT2D eigenvalue weighted by Crippen LogP contribution is -2.26. The Morgan fingerprint density at radius 1 is 1.00 bits per heavy atom. The van der Waals surface area contributed by atoms with Gasteiger partial charge in [0.2, 0.25) is 0 Å². The lowest BCUT2D eigenvalue weighted by Gasteiger charge is -2.26. The number of hydrogen-bond acceptors (Lipinski definition) is 4. The Labute approximate surface area is 205 Å². The first kappa shape index (κ1) is 26.9. The van der Waals surface area contributed by atoms with Crippen molar-refractivity contribution in [1.82, 2.24) is 0 Å². The lowest BCUT2D eigenvalue weighted by atomic mass is 10.1. The van der Waals surface area contributed by atoms with E-state index < -0.39 is 17.0 Å². The van der Waals surface area contributed by atoms with Crippen molar-refractivity contribution in [2.45, 2.75) is 46.1 Å². The predicted molar refractivity (Wildman–Crippen MR) is 140 cm³/mol. The van der Waals surface area contributed by atoms with Gasteiger partial charge in [-0.3, -0.25) is 4.31 Å². The van der Waals surface area contributed by atoms with E-state index in [-0.39, 0.29) is 5.75 Å². The number of benzene rings is 3. The molecule has 0 radical (unpaired) electrons. The van der Waals surface area contributed by atoms with Crippen LogP contribution in [0.1, 0.15) is 41.7 Å². The molecule has 3 aromatic carbocycles. The molecule has 0 saturated carbocycles.